The van der Waals surface area contributed by atoms with Crippen molar-refractivity contribution in [2.45, 2.75) is 53.1 Å². The number of ether oxygens (including phenoxy) is 1. The van der Waals surface area contributed by atoms with Crippen LogP contribution in [0, 0.1) is 5.41 Å². The minimum absolute atomic E-state index is 0.0353. The average molecular weight is 242 g/mol. The molecule has 0 aliphatic heterocycles. The van der Waals surface area contributed by atoms with Crippen LogP contribution in [-0.2, 0) is 14.3 Å². The number of carboxylic acids is 1. The summed E-state index contributed by atoms with van der Waals surface area (Å²) in [7, 11) is 0. The number of carboxylic acid groups (broad SMARTS) is 1. The van der Waals surface area contributed by atoms with Crippen LogP contribution >= 0.6 is 0 Å². The summed E-state index contributed by atoms with van der Waals surface area (Å²) < 4.78 is 5.27. The number of hydrogen-bond donors (Lipinski definition) is 1. The lowest BCUT2D eigenvalue weighted by Crippen LogP contribution is -2.33. The van der Waals surface area contributed by atoms with Gasteiger partial charge in [0, 0.05) is 5.57 Å². The number of carbonyl (C=O) groups is 2. The van der Waals surface area contributed by atoms with E-state index in [9.17, 15) is 9.59 Å². The molecule has 0 aliphatic carbocycles. The van der Waals surface area contributed by atoms with Gasteiger partial charge in [0.25, 0.3) is 0 Å². The van der Waals surface area contributed by atoms with Gasteiger partial charge in [-0.1, -0.05) is 27.4 Å². The topological polar surface area (TPSA) is 63.6 Å². The molecule has 4 heteroatoms. The maximum Gasteiger partial charge on any atom is 0.331 e. The zero-order valence-electron chi connectivity index (χ0n) is 11.3. The van der Waals surface area contributed by atoms with E-state index in [1.807, 2.05) is 13.8 Å². The van der Waals surface area contributed by atoms with Crippen LogP contribution in [0.25, 0.3) is 0 Å². The molecule has 0 heterocycles. The molecule has 0 atom stereocenters. The Balaban J connectivity index is 4.38. The Hall–Kier alpha value is -1.32. The zero-order valence-corrected chi connectivity index (χ0v) is 11.3. The molecule has 0 aliphatic rings. The predicted molar refractivity (Wildman–Crippen MR) is 65.6 cm³/mol. The fraction of sp³-hybridized carbons (Fsp3) is 0.692. The van der Waals surface area contributed by atoms with Gasteiger partial charge in [-0.3, -0.25) is 4.79 Å². The molecule has 0 aromatic rings. The summed E-state index contributed by atoms with van der Waals surface area (Å²) >= 11 is 0. The number of carbonyl (C=O) groups excluding carboxylic acids is 1. The van der Waals surface area contributed by atoms with Gasteiger partial charge in [0.05, 0.1) is 6.42 Å². The highest BCUT2D eigenvalue weighted by Crippen LogP contribution is 2.29. The molecule has 1 N–H and O–H groups in total. The first-order valence-electron chi connectivity index (χ1n) is 5.56. The quantitative estimate of drug-likeness (QED) is 0.594. The first-order chi connectivity index (χ1) is 7.43. The molecule has 0 aromatic heterocycles. The third-order valence-corrected chi connectivity index (χ3v) is 2.01. The molecule has 98 valence electrons. The van der Waals surface area contributed by atoms with Gasteiger partial charge < -0.3 is 9.84 Å². The fourth-order valence-corrected chi connectivity index (χ4v) is 1.91. The second-order valence-corrected chi connectivity index (χ2v) is 6.06. The molecule has 0 rings (SSSR count). The van der Waals surface area contributed by atoms with Crippen molar-refractivity contribution >= 4 is 11.9 Å². The minimum atomic E-state index is -1.17. The van der Waals surface area contributed by atoms with Crippen LogP contribution < -0.4 is 0 Å². The van der Waals surface area contributed by atoms with Gasteiger partial charge in [0.15, 0.2) is 0 Å². The van der Waals surface area contributed by atoms with Gasteiger partial charge in [-0.25, -0.2) is 4.79 Å². The lowest BCUT2D eigenvalue weighted by atomic mass is 9.83. The molecule has 0 unspecified atom stereocenters. The fourth-order valence-electron chi connectivity index (χ4n) is 1.91. The van der Waals surface area contributed by atoms with Crippen molar-refractivity contribution in [2.75, 3.05) is 0 Å². The Morgan fingerprint density at radius 2 is 1.65 bits per heavy atom. The van der Waals surface area contributed by atoms with E-state index in [1.54, 1.807) is 0 Å². The summed E-state index contributed by atoms with van der Waals surface area (Å²) in [5.41, 5.74) is -0.719. The SMILES string of the molecule is C=C(CC(=O)OC(C)(C)CC(C)(C)C)C(=O)O. The second kappa shape index (κ2) is 5.34. The summed E-state index contributed by atoms with van der Waals surface area (Å²) in [5, 5.41) is 8.61. The largest absolute Gasteiger partial charge is 0.478 e. The lowest BCUT2D eigenvalue weighted by molar-refractivity contribution is -0.158. The van der Waals surface area contributed by atoms with Gasteiger partial charge in [-0.2, -0.15) is 0 Å². The van der Waals surface area contributed by atoms with Gasteiger partial charge in [0.2, 0.25) is 0 Å². The van der Waals surface area contributed by atoms with Crippen molar-refractivity contribution in [2.24, 2.45) is 5.41 Å². The summed E-state index contributed by atoms with van der Waals surface area (Å²) in [6, 6.07) is 0. The van der Waals surface area contributed by atoms with Crippen LogP contribution in [0.2, 0.25) is 0 Å². The van der Waals surface area contributed by atoms with E-state index in [1.165, 1.54) is 0 Å². The highest BCUT2D eigenvalue weighted by molar-refractivity contribution is 5.91. The van der Waals surface area contributed by atoms with Crippen LogP contribution in [0.3, 0.4) is 0 Å². The summed E-state index contributed by atoms with van der Waals surface area (Å²) in [4.78, 5) is 22.0. The average Bonchev–Trinajstić information content (AvgIpc) is 1.96. The van der Waals surface area contributed by atoms with Gasteiger partial charge in [-0.15, -0.1) is 0 Å². The van der Waals surface area contributed by atoms with E-state index in [4.69, 9.17) is 9.84 Å². The minimum Gasteiger partial charge on any atom is -0.478 e. The van der Waals surface area contributed by atoms with E-state index >= 15 is 0 Å². The third kappa shape index (κ3) is 7.55. The Morgan fingerprint density at radius 1 is 1.18 bits per heavy atom. The van der Waals surface area contributed by atoms with Crippen molar-refractivity contribution in [3.63, 3.8) is 0 Å². The number of aliphatic carboxylic acids is 1. The molecular weight excluding hydrogens is 220 g/mol. The van der Waals surface area contributed by atoms with Crippen molar-refractivity contribution in [1.29, 1.82) is 0 Å². The molecule has 0 aromatic carbocycles. The molecule has 0 saturated carbocycles. The smallest absolute Gasteiger partial charge is 0.331 e. The lowest BCUT2D eigenvalue weighted by Gasteiger charge is -2.32. The number of esters is 1. The maximum atomic E-state index is 11.5. The molecule has 0 spiro atoms. The Labute approximate surface area is 103 Å². The van der Waals surface area contributed by atoms with Crippen LogP contribution in [0.1, 0.15) is 47.5 Å². The maximum absolute atomic E-state index is 11.5. The highest BCUT2D eigenvalue weighted by atomic mass is 16.6. The number of rotatable bonds is 5. The molecule has 0 radical (unpaired) electrons. The van der Waals surface area contributed by atoms with E-state index in [-0.39, 0.29) is 17.4 Å². The van der Waals surface area contributed by atoms with Crippen molar-refractivity contribution < 1.29 is 19.4 Å². The summed E-state index contributed by atoms with van der Waals surface area (Å²) in [5.74, 6) is -1.72. The Bertz CT molecular complexity index is 321. The predicted octanol–water partition coefficient (Wildman–Crippen LogP) is 2.78. The van der Waals surface area contributed by atoms with E-state index in [2.05, 4.69) is 27.4 Å². The van der Waals surface area contributed by atoms with Gasteiger partial charge in [-0.05, 0) is 25.7 Å². The zero-order chi connectivity index (χ0) is 13.9. The molecule has 0 bridgehead atoms. The van der Waals surface area contributed by atoms with Gasteiger partial charge >= 0.3 is 11.9 Å². The molecule has 4 nitrogen and oxygen atoms in total. The Morgan fingerprint density at radius 3 is 2.00 bits per heavy atom. The van der Waals surface area contributed by atoms with Crippen LogP contribution in [0.5, 0.6) is 0 Å². The molecule has 0 amide bonds. The van der Waals surface area contributed by atoms with Gasteiger partial charge in [0.1, 0.15) is 5.60 Å². The summed E-state index contributed by atoms with van der Waals surface area (Å²) in [6.45, 7) is 13.1. The van der Waals surface area contributed by atoms with Crippen LogP contribution in [-0.4, -0.2) is 22.6 Å². The van der Waals surface area contributed by atoms with Crippen LogP contribution in [0.4, 0.5) is 0 Å². The van der Waals surface area contributed by atoms with Crippen molar-refractivity contribution in [1.82, 2.24) is 0 Å². The second-order valence-electron chi connectivity index (χ2n) is 6.06. The highest BCUT2D eigenvalue weighted by Gasteiger charge is 2.29. The van der Waals surface area contributed by atoms with Crippen molar-refractivity contribution in [3.05, 3.63) is 12.2 Å². The molecule has 0 fully saturated rings. The van der Waals surface area contributed by atoms with Crippen molar-refractivity contribution in [3.8, 4) is 0 Å². The van der Waals surface area contributed by atoms with E-state index < -0.39 is 17.5 Å². The molecule has 0 saturated heterocycles. The third-order valence-electron chi connectivity index (χ3n) is 2.01. The van der Waals surface area contributed by atoms with Crippen LogP contribution in [0.15, 0.2) is 12.2 Å². The van der Waals surface area contributed by atoms with E-state index in [0.29, 0.717) is 6.42 Å². The first-order valence-corrected chi connectivity index (χ1v) is 5.56. The summed E-state index contributed by atoms with van der Waals surface area (Å²) in [6.07, 6.45) is 0.425. The molecular formula is C13H22O4. The normalized spacial score (nSPS) is 12.1. The molecule has 17 heavy (non-hydrogen) atoms. The number of hydrogen-bond acceptors (Lipinski definition) is 3. The van der Waals surface area contributed by atoms with E-state index in [0.717, 1.165) is 0 Å². The first kappa shape index (κ1) is 15.7. The Kier molecular flexibility index (Phi) is 4.93. The standard InChI is InChI=1S/C13H22O4/c1-9(11(15)16)7-10(14)17-13(5,6)8-12(2,3)4/h1,7-8H2,2-6H3,(H,15,16). The monoisotopic (exact) mass is 242 g/mol.